The van der Waals surface area contributed by atoms with Gasteiger partial charge in [-0.2, -0.15) is 0 Å². The van der Waals surface area contributed by atoms with Crippen LogP contribution >= 0.6 is 0 Å². The van der Waals surface area contributed by atoms with Gasteiger partial charge in [0.05, 0.1) is 0 Å². The van der Waals surface area contributed by atoms with Gasteiger partial charge in [0, 0.05) is 24.5 Å². The Balaban J connectivity index is 2.43. The number of para-hydroxylation sites is 1. The summed E-state index contributed by atoms with van der Waals surface area (Å²) in [6.07, 6.45) is 1.83. The number of aromatic nitrogens is 1. The van der Waals surface area contributed by atoms with Crippen LogP contribution in [0, 0.1) is 6.92 Å². The largest absolute Gasteiger partial charge is 0.326 e. The number of nitrogens with two attached hydrogens (primary N) is 1. The van der Waals surface area contributed by atoms with Gasteiger partial charge in [-0.25, -0.2) is 4.98 Å². The maximum Gasteiger partial charge on any atom is 0.133 e. The normalized spacial score (nSPS) is 12.2. The van der Waals surface area contributed by atoms with E-state index in [-0.39, 0.29) is 6.04 Å². The minimum Gasteiger partial charge on any atom is -0.326 e. The maximum absolute atomic E-state index is 5.95. The zero-order valence-electron chi connectivity index (χ0n) is 11.8. The lowest BCUT2D eigenvalue weighted by molar-refractivity contribution is 0.813. The number of nitrogens with zero attached hydrogens (tertiary/aromatic N) is 2. The number of benzene rings is 1. The summed E-state index contributed by atoms with van der Waals surface area (Å²) in [7, 11) is 0. The highest BCUT2D eigenvalue weighted by Gasteiger charge is 2.11. The average molecular weight is 255 g/mol. The molecule has 3 nitrogen and oxygen atoms in total. The lowest BCUT2D eigenvalue weighted by atomic mass is 10.1. The summed E-state index contributed by atoms with van der Waals surface area (Å²) in [4.78, 5) is 6.69. The third-order valence-corrected chi connectivity index (χ3v) is 3.29. The molecule has 0 spiro atoms. The molecule has 0 aliphatic rings. The molecular weight excluding hydrogens is 234 g/mol. The van der Waals surface area contributed by atoms with E-state index in [0.717, 1.165) is 17.9 Å². The van der Waals surface area contributed by atoms with Crippen molar-refractivity contribution in [1.82, 2.24) is 4.98 Å². The van der Waals surface area contributed by atoms with E-state index in [9.17, 15) is 0 Å². The summed E-state index contributed by atoms with van der Waals surface area (Å²) in [5, 5.41) is 0. The van der Waals surface area contributed by atoms with Crippen LogP contribution in [0.4, 0.5) is 11.5 Å². The third kappa shape index (κ3) is 2.93. The molecule has 0 aliphatic carbocycles. The van der Waals surface area contributed by atoms with E-state index < -0.39 is 0 Å². The molecular formula is C16H21N3. The quantitative estimate of drug-likeness (QED) is 0.908. The van der Waals surface area contributed by atoms with Gasteiger partial charge in [0.2, 0.25) is 0 Å². The molecule has 0 bridgehead atoms. The summed E-state index contributed by atoms with van der Waals surface area (Å²) < 4.78 is 0. The van der Waals surface area contributed by atoms with E-state index in [1.807, 2.05) is 19.2 Å². The third-order valence-electron chi connectivity index (χ3n) is 3.29. The van der Waals surface area contributed by atoms with Gasteiger partial charge >= 0.3 is 0 Å². The number of anilines is 2. The summed E-state index contributed by atoms with van der Waals surface area (Å²) in [5.74, 6) is 0.951. The minimum atomic E-state index is 0.0253. The van der Waals surface area contributed by atoms with Crippen molar-refractivity contribution in [3.05, 3.63) is 53.7 Å². The van der Waals surface area contributed by atoms with Gasteiger partial charge in [-0.15, -0.1) is 0 Å². The van der Waals surface area contributed by atoms with E-state index in [0.29, 0.717) is 0 Å². The standard InChI is InChI=1S/C16H21N3/c1-4-19(15-8-6-5-7-12(15)2)16-11-14(13(3)17)9-10-18-16/h5-11,13H,4,17H2,1-3H3/t13-/m0/s1. The van der Waals surface area contributed by atoms with Crippen LogP contribution in [0.25, 0.3) is 0 Å². The second-order valence-corrected chi connectivity index (χ2v) is 4.77. The van der Waals surface area contributed by atoms with E-state index in [4.69, 9.17) is 5.73 Å². The SMILES string of the molecule is CCN(c1cc([C@H](C)N)ccn1)c1ccccc1C. The topological polar surface area (TPSA) is 42.1 Å². The summed E-state index contributed by atoms with van der Waals surface area (Å²) in [5.41, 5.74) is 9.50. The van der Waals surface area contributed by atoms with Crippen LogP contribution in [0.2, 0.25) is 0 Å². The highest BCUT2D eigenvalue weighted by molar-refractivity contribution is 5.63. The van der Waals surface area contributed by atoms with Gasteiger partial charge in [-0.1, -0.05) is 18.2 Å². The van der Waals surface area contributed by atoms with E-state index in [1.54, 1.807) is 0 Å². The van der Waals surface area contributed by atoms with E-state index in [1.165, 1.54) is 11.3 Å². The summed E-state index contributed by atoms with van der Waals surface area (Å²) in [6, 6.07) is 12.4. The Hall–Kier alpha value is -1.87. The van der Waals surface area contributed by atoms with Crippen LogP contribution in [0.1, 0.15) is 31.0 Å². The lowest BCUT2D eigenvalue weighted by Gasteiger charge is -2.24. The molecule has 1 heterocycles. The molecule has 0 fully saturated rings. The number of aryl methyl sites for hydroxylation is 1. The Morgan fingerprint density at radius 3 is 2.63 bits per heavy atom. The lowest BCUT2D eigenvalue weighted by Crippen LogP contribution is -2.19. The zero-order chi connectivity index (χ0) is 13.8. The first-order valence-electron chi connectivity index (χ1n) is 6.68. The average Bonchev–Trinajstić information content (AvgIpc) is 2.42. The molecule has 0 saturated carbocycles. The molecule has 19 heavy (non-hydrogen) atoms. The predicted molar refractivity (Wildman–Crippen MR) is 80.7 cm³/mol. The smallest absolute Gasteiger partial charge is 0.133 e. The van der Waals surface area contributed by atoms with Gasteiger partial charge in [0.1, 0.15) is 5.82 Å². The van der Waals surface area contributed by atoms with Crippen molar-refractivity contribution in [3.63, 3.8) is 0 Å². The molecule has 1 aromatic heterocycles. The fourth-order valence-corrected chi connectivity index (χ4v) is 2.19. The highest BCUT2D eigenvalue weighted by Crippen LogP contribution is 2.27. The van der Waals surface area contributed by atoms with Gasteiger partial charge in [0.25, 0.3) is 0 Å². The van der Waals surface area contributed by atoms with Gasteiger partial charge < -0.3 is 10.6 Å². The molecule has 100 valence electrons. The molecule has 2 N–H and O–H groups in total. The van der Waals surface area contributed by atoms with Crippen molar-refractivity contribution in [3.8, 4) is 0 Å². The molecule has 2 rings (SSSR count). The molecule has 1 atom stereocenters. The van der Waals surface area contributed by atoms with Crippen molar-refractivity contribution in [2.45, 2.75) is 26.8 Å². The highest BCUT2D eigenvalue weighted by atomic mass is 15.2. The molecule has 0 amide bonds. The molecule has 0 unspecified atom stereocenters. The second kappa shape index (κ2) is 5.85. The van der Waals surface area contributed by atoms with E-state index >= 15 is 0 Å². The number of pyridine rings is 1. The fraction of sp³-hybridized carbons (Fsp3) is 0.312. The molecule has 2 aromatic rings. The second-order valence-electron chi connectivity index (χ2n) is 4.77. The predicted octanol–water partition coefficient (Wildman–Crippen LogP) is 3.57. The maximum atomic E-state index is 5.95. The Kier molecular flexibility index (Phi) is 4.17. The first-order valence-corrected chi connectivity index (χ1v) is 6.68. The van der Waals surface area contributed by atoms with Crippen molar-refractivity contribution in [1.29, 1.82) is 0 Å². The summed E-state index contributed by atoms with van der Waals surface area (Å²) >= 11 is 0. The van der Waals surface area contributed by atoms with Crippen LogP contribution in [0.15, 0.2) is 42.6 Å². The number of hydrogen-bond donors (Lipinski definition) is 1. The summed E-state index contributed by atoms with van der Waals surface area (Å²) in [6.45, 7) is 7.11. The van der Waals surface area contributed by atoms with Crippen molar-refractivity contribution in [2.75, 3.05) is 11.4 Å². The van der Waals surface area contributed by atoms with Crippen LogP contribution < -0.4 is 10.6 Å². The molecule has 0 aliphatic heterocycles. The number of rotatable bonds is 4. The molecule has 0 radical (unpaired) electrons. The van der Waals surface area contributed by atoms with Gasteiger partial charge in [0.15, 0.2) is 0 Å². The Morgan fingerprint density at radius 2 is 2.00 bits per heavy atom. The monoisotopic (exact) mass is 255 g/mol. The van der Waals surface area contributed by atoms with Crippen molar-refractivity contribution in [2.24, 2.45) is 5.73 Å². The first kappa shape index (κ1) is 13.6. The van der Waals surface area contributed by atoms with Gasteiger partial charge in [-0.3, -0.25) is 0 Å². The molecule has 1 aromatic carbocycles. The Morgan fingerprint density at radius 1 is 1.26 bits per heavy atom. The molecule has 3 heteroatoms. The number of hydrogen-bond acceptors (Lipinski definition) is 3. The van der Waals surface area contributed by atoms with Crippen LogP contribution in [-0.4, -0.2) is 11.5 Å². The minimum absolute atomic E-state index is 0.0253. The van der Waals surface area contributed by atoms with Crippen molar-refractivity contribution >= 4 is 11.5 Å². The van der Waals surface area contributed by atoms with E-state index in [2.05, 4.69) is 54.1 Å². The first-order chi connectivity index (χ1) is 9.13. The van der Waals surface area contributed by atoms with Crippen LogP contribution in [0.3, 0.4) is 0 Å². The van der Waals surface area contributed by atoms with Gasteiger partial charge in [-0.05, 0) is 50.1 Å². The van der Waals surface area contributed by atoms with Crippen LogP contribution in [0.5, 0.6) is 0 Å². The fourth-order valence-electron chi connectivity index (χ4n) is 2.19. The zero-order valence-corrected chi connectivity index (χ0v) is 11.8. The van der Waals surface area contributed by atoms with Crippen molar-refractivity contribution < 1.29 is 0 Å². The van der Waals surface area contributed by atoms with Crippen LogP contribution in [-0.2, 0) is 0 Å². The molecule has 0 saturated heterocycles. The Labute approximate surface area is 115 Å². The Bertz CT molecular complexity index is 549.